The molecule has 0 radical (unpaired) electrons. The van der Waals surface area contributed by atoms with Gasteiger partial charge in [-0.3, -0.25) is 4.79 Å². The van der Waals surface area contributed by atoms with Gasteiger partial charge in [0.05, 0.1) is 0 Å². The first kappa shape index (κ1) is 12.8. The van der Waals surface area contributed by atoms with Crippen LogP contribution in [0.1, 0.15) is 16.1 Å². The Morgan fingerprint density at radius 1 is 1.10 bits per heavy atom. The Hall–Kier alpha value is -2.26. The summed E-state index contributed by atoms with van der Waals surface area (Å²) in [6.07, 6.45) is 0. The molecular weight excluding hydrogens is 272 g/mol. The third-order valence-electron chi connectivity index (χ3n) is 3.12. The molecule has 1 amide bonds. The lowest BCUT2D eigenvalue weighted by atomic mass is 10.2. The summed E-state index contributed by atoms with van der Waals surface area (Å²) in [6, 6.07) is 14.9. The molecule has 3 rings (SSSR count). The van der Waals surface area contributed by atoms with E-state index in [9.17, 15) is 4.79 Å². The van der Waals surface area contributed by atoms with Crippen LogP contribution in [-0.2, 0) is 0 Å². The quantitative estimate of drug-likeness (QED) is 0.720. The molecule has 100 valence electrons. The van der Waals surface area contributed by atoms with Crippen LogP contribution in [0, 0.1) is 6.92 Å². The first-order valence-corrected chi connectivity index (χ1v) is 6.66. The molecule has 4 heteroatoms. The van der Waals surface area contributed by atoms with Gasteiger partial charge in [0, 0.05) is 21.6 Å². The maximum atomic E-state index is 12.2. The van der Waals surface area contributed by atoms with Crippen molar-refractivity contribution in [2.75, 3.05) is 5.32 Å². The van der Waals surface area contributed by atoms with Gasteiger partial charge in [0.2, 0.25) is 0 Å². The molecule has 1 heterocycles. The molecule has 0 aliphatic heterocycles. The van der Waals surface area contributed by atoms with Crippen molar-refractivity contribution in [2.45, 2.75) is 6.92 Å². The highest BCUT2D eigenvalue weighted by Gasteiger charge is 2.09. The van der Waals surface area contributed by atoms with Crippen molar-refractivity contribution in [1.82, 2.24) is 4.98 Å². The normalized spacial score (nSPS) is 10.7. The predicted molar refractivity (Wildman–Crippen MR) is 82.4 cm³/mol. The Bertz CT molecular complexity index is 775. The van der Waals surface area contributed by atoms with Crippen LogP contribution in [0.5, 0.6) is 0 Å². The molecule has 0 saturated heterocycles. The molecular formula is C16H13ClN2O. The van der Waals surface area contributed by atoms with E-state index >= 15 is 0 Å². The molecule has 0 saturated carbocycles. The van der Waals surface area contributed by atoms with Crippen molar-refractivity contribution in [3.05, 3.63) is 64.8 Å². The first-order chi connectivity index (χ1) is 9.61. The number of anilines is 1. The Morgan fingerprint density at radius 3 is 2.60 bits per heavy atom. The summed E-state index contributed by atoms with van der Waals surface area (Å²) in [4.78, 5) is 15.3. The van der Waals surface area contributed by atoms with Gasteiger partial charge in [0.1, 0.15) is 5.69 Å². The van der Waals surface area contributed by atoms with Crippen molar-refractivity contribution in [3.63, 3.8) is 0 Å². The minimum Gasteiger partial charge on any atom is -0.351 e. The summed E-state index contributed by atoms with van der Waals surface area (Å²) < 4.78 is 0. The molecule has 1 aromatic heterocycles. The summed E-state index contributed by atoms with van der Waals surface area (Å²) in [7, 11) is 0. The maximum Gasteiger partial charge on any atom is 0.272 e. The van der Waals surface area contributed by atoms with Gasteiger partial charge in [0.25, 0.3) is 5.91 Å². The molecule has 0 bridgehead atoms. The Kier molecular flexibility index (Phi) is 3.20. The number of rotatable bonds is 2. The number of H-pyrrole nitrogens is 1. The van der Waals surface area contributed by atoms with Gasteiger partial charge >= 0.3 is 0 Å². The summed E-state index contributed by atoms with van der Waals surface area (Å²) in [5.74, 6) is -0.166. The van der Waals surface area contributed by atoms with Crippen LogP contribution < -0.4 is 5.32 Å². The summed E-state index contributed by atoms with van der Waals surface area (Å²) in [6.45, 7) is 2.03. The lowest BCUT2D eigenvalue weighted by Gasteiger charge is -2.03. The highest BCUT2D eigenvalue weighted by atomic mass is 35.5. The minimum absolute atomic E-state index is 0.166. The van der Waals surface area contributed by atoms with Crippen LogP contribution in [0.2, 0.25) is 5.02 Å². The van der Waals surface area contributed by atoms with Crippen LogP contribution in [0.15, 0.2) is 48.5 Å². The SMILES string of the molecule is Cc1ccc2[nH]c(C(=O)Nc3ccc(Cl)cc3)cc2c1. The van der Waals surface area contributed by atoms with Crippen LogP contribution in [0.3, 0.4) is 0 Å². The van der Waals surface area contributed by atoms with E-state index in [-0.39, 0.29) is 5.91 Å². The fourth-order valence-corrected chi connectivity index (χ4v) is 2.23. The number of benzene rings is 2. The molecule has 3 nitrogen and oxygen atoms in total. The summed E-state index contributed by atoms with van der Waals surface area (Å²) >= 11 is 5.81. The van der Waals surface area contributed by atoms with E-state index in [2.05, 4.69) is 10.3 Å². The highest BCUT2D eigenvalue weighted by molar-refractivity contribution is 6.30. The molecule has 0 aliphatic rings. The van der Waals surface area contributed by atoms with Crippen molar-refractivity contribution in [2.24, 2.45) is 0 Å². The molecule has 3 aromatic rings. The molecule has 0 fully saturated rings. The predicted octanol–water partition coefficient (Wildman–Crippen LogP) is 4.38. The maximum absolute atomic E-state index is 12.2. The summed E-state index contributed by atoms with van der Waals surface area (Å²) in [5.41, 5.74) is 3.38. The van der Waals surface area contributed by atoms with Gasteiger partial charge in [-0.25, -0.2) is 0 Å². The number of aryl methyl sites for hydroxylation is 1. The largest absolute Gasteiger partial charge is 0.351 e. The second-order valence-corrected chi connectivity index (χ2v) is 5.17. The molecule has 2 aromatic carbocycles. The van der Waals surface area contributed by atoms with E-state index < -0.39 is 0 Å². The molecule has 0 unspecified atom stereocenters. The second kappa shape index (κ2) is 5.02. The number of carbonyl (C=O) groups excluding carboxylic acids is 1. The van der Waals surface area contributed by atoms with E-state index in [4.69, 9.17) is 11.6 Å². The van der Waals surface area contributed by atoms with E-state index in [1.165, 1.54) is 5.56 Å². The smallest absolute Gasteiger partial charge is 0.272 e. The number of hydrogen-bond donors (Lipinski definition) is 2. The number of fused-ring (bicyclic) bond motifs is 1. The standard InChI is InChI=1S/C16H13ClN2O/c1-10-2-7-14-11(8-10)9-15(19-14)16(20)18-13-5-3-12(17)4-6-13/h2-9,19H,1H3,(H,18,20). The van der Waals surface area contributed by atoms with Gasteiger partial charge in [-0.2, -0.15) is 0 Å². The number of nitrogens with one attached hydrogen (secondary N) is 2. The Labute approximate surface area is 121 Å². The van der Waals surface area contributed by atoms with Gasteiger partial charge in [-0.15, -0.1) is 0 Å². The third-order valence-corrected chi connectivity index (χ3v) is 3.37. The zero-order chi connectivity index (χ0) is 14.1. The van der Waals surface area contributed by atoms with Crippen LogP contribution in [0.25, 0.3) is 10.9 Å². The number of halogens is 1. The lowest BCUT2D eigenvalue weighted by Crippen LogP contribution is -2.11. The number of aromatic amines is 1. The molecule has 0 aliphatic carbocycles. The van der Waals surface area contributed by atoms with Crippen molar-refractivity contribution in [3.8, 4) is 0 Å². The van der Waals surface area contributed by atoms with Crippen molar-refractivity contribution < 1.29 is 4.79 Å². The fraction of sp³-hybridized carbons (Fsp3) is 0.0625. The van der Waals surface area contributed by atoms with E-state index in [1.54, 1.807) is 24.3 Å². The second-order valence-electron chi connectivity index (χ2n) is 4.73. The van der Waals surface area contributed by atoms with Crippen LogP contribution in [-0.4, -0.2) is 10.9 Å². The van der Waals surface area contributed by atoms with E-state index in [1.807, 2.05) is 31.2 Å². The minimum atomic E-state index is -0.166. The fourth-order valence-electron chi connectivity index (χ4n) is 2.11. The molecule has 0 spiro atoms. The van der Waals surface area contributed by atoms with Crippen molar-refractivity contribution >= 4 is 34.1 Å². The Morgan fingerprint density at radius 2 is 1.85 bits per heavy atom. The molecule has 0 atom stereocenters. The zero-order valence-corrected chi connectivity index (χ0v) is 11.7. The number of amides is 1. The highest BCUT2D eigenvalue weighted by Crippen LogP contribution is 2.19. The van der Waals surface area contributed by atoms with Gasteiger partial charge in [0.15, 0.2) is 0 Å². The molecule has 20 heavy (non-hydrogen) atoms. The van der Waals surface area contributed by atoms with Crippen molar-refractivity contribution in [1.29, 1.82) is 0 Å². The van der Waals surface area contributed by atoms with Crippen LogP contribution in [0.4, 0.5) is 5.69 Å². The molecule has 2 N–H and O–H groups in total. The summed E-state index contributed by atoms with van der Waals surface area (Å²) in [5, 5.41) is 4.51. The van der Waals surface area contributed by atoms with E-state index in [0.29, 0.717) is 16.4 Å². The number of carbonyl (C=O) groups is 1. The van der Waals surface area contributed by atoms with Crippen LogP contribution >= 0.6 is 11.6 Å². The van der Waals surface area contributed by atoms with E-state index in [0.717, 1.165) is 10.9 Å². The number of hydrogen-bond acceptors (Lipinski definition) is 1. The van der Waals surface area contributed by atoms with Gasteiger partial charge in [-0.1, -0.05) is 23.2 Å². The third kappa shape index (κ3) is 2.53. The number of aromatic nitrogens is 1. The Balaban J connectivity index is 1.86. The van der Waals surface area contributed by atoms with Gasteiger partial charge in [-0.05, 0) is 49.4 Å². The lowest BCUT2D eigenvalue weighted by molar-refractivity contribution is 0.102. The first-order valence-electron chi connectivity index (χ1n) is 6.28. The monoisotopic (exact) mass is 284 g/mol. The average Bonchev–Trinajstić information content (AvgIpc) is 2.84. The topological polar surface area (TPSA) is 44.9 Å². The zero-order valence-electron chi connectivity index (χ0n) is 10.9. The van der Waals surface area contributed by atoms with Gasteiger partial charge < -0.3 is 10.3 Å². The average molecular weight is 285 g/mol.